The number of nitrogens with zero attached hydrogens (tertiary/aromatic N) is 3. The van der Waals surface area contributed by atoms with Crippen LogP contribution < -0.4 is 15.8 Å². The second kappa shape index (κ2) is 11.0. The number of aromatic nitrogens is 3. The van der Waals surface area contributed by atoms with E-state index in [-0.39, 0.29) is 22.8 Å². The number of benzene rings is 2. The number of carbonyl (C=O) groups is 3. The van der Waals surface area contributed by atoms with Gasteiger partial charge in [0.05, 0.1) is 23.4 Å². The molecule has 1 atom stereocenters. The van der Waals surface area contributed by atoms with Crippen molar-refractivity contribution in [2.75, 3.05) is 7.11 Å². The van der Waals surface area contributed by atoms with Crippen molar-refractivity contribution in [3.05, 3.63) is 95.0 Å². The van der Waals surface area contributed by atoms with Gasteiger partial charge in [0.25, 0.3) is 11.8 Å². The highest BCUT2D eigenvalue weighted by molar-refractivity contribution is 6.38. The van der Waals surface area contributed by atoms with E-state index >= 15 is 0 Å². The lowest BCUT2D eigenvalue weighted by Crippen LogP contribution is -2.47. The van der Waals surface area contributed by atoms with Crippen molar-refractivity contribution in [3.8, 4) is 22.8 Å². The number of ether oxygens (including phenoxy) is 1. The smallest absolute Gasteiger partial charge is 0.287 e. The molecule has 0 radical (unpaired) electrons. The Bertz CT molecular complexity index is 1470. The standard InChI is InChI=1S/C26H21ClFN5O4/c1-37-17-7-4-15(5-8-17)13-22(23(34)24(29)35)31-26(36)19-3-2-11-30-25(19)33-12-10-21(32-33)18-9-6-16(28)14-20(18)27/h2-12,14,22H,13H2,1H3,(H2,29,35)(H,31,36). The average Bonchev–Trinajstić information content (AvgIpc) is 3.38. The van der Waals surface area contributed by atoms with Gasteiger partial charge in [0, 0.05) is 24.4 Å². The van der Waals surface area contributed by atoms with Gasteiger partial charge < -0.3 is 15.8 Å². The molecule has 0 aliphatic carbocycles. The summed E-state index contributed by atoms with van der Waals surface area (Å²) in [6, 6.07) is 14.2. The number of rotatable bonds is 9. The Morgan fingerprint density at radius 3 is 2.57 bits per heavy atom. The minimum absolute atomic E-state index is 0.0298. The number of halogens is 2. The second-order valence-corrected chi connectivity index (χ2v) is 8.36. The molecule has 0 spiro atoms. The van der Waals surface area contributed by atoms with Gasteiger partial charge in [-0.05, 0) is 54.1 Å². The first-order chi connectivity index (χ1) is 17.8. The van der Waals surface area contributed by atoms with Gasteiger partial charge in [-0.2, -0.15) is 5.10 Å². The van der Waals surface area contributed by atoms with E-state index < -0.39 is 29.5 Å². The Hall–Kier alpha value is -4.57. The minimum atomic E-state index is -1.21. The molecule has 4 rings (SSSR count). The zero-order valence-electron chi connectivity index (χ0n) is 19.5. The lowest BCUT2D eigenvalue weighted by Gasteiger charge is -2.17. The summed E-state index contributed by atoms with van der Waals surface area (Å²) in [5.74, 6) is -2.47. The highest BCUT2D eigenvalue weighted by Gasteiger charge is 2.27. The van der Waals surface area contributed by atoms with E-state index in [4.69, 9.17) is 22.1 Å². The van der Waals surface area contributed by atoms with Crippen LogP contribution in [0.25, 0.3) is 17.1 Å². The largest absolute Gasteiger partial charge is 0.497 e. The molecule has 0 aliphatic heterocycles. The van der Waals surface area contributed by atoms with Crippen LogP contribution in [0.2, 0.25) is 5.02 Å². The molecular formula is C26H21ClFN5O4. The fourth-order valence-electron chi connectivity index (χ4n) is 3.65. The molecule has 0 fully saturated rings. The SMILES string of the molecule is COc1ccc(CC(NC(=O)c2cccnc2-n2ccc(-c3ccc(F)cc3Cl)n2)C(=O)C(N)=O)cc1. The molecule has 11 heteroatoms. The lowest BCUT2D eigenvalue weighted by atomic mass is 10.0. The number of ketones is 1. The Labute approximate surface area is 216 Å². The highest BCUT2D eigenvalue weighted by atomic mass is 35.5. The summed E-state index contributed by atoms with van der Waals surface area (Å²) in [5.41, 5.74) is 6.94. The van der Waals surface area contributed by atoms with Gasteiger partial charge in [-0.25, -0.2) is 14.1 Å². The number of Topliss-reactive ketones (excluding diaryl/α,β-unsaturated/α-hetero) is 1. The van der Waals surface area contributed by atoms with Gasteiger partial charge >= 0.3 is 0 Å². The van der Waals surface area contributed by atoms with Crippen LogP contribution in [0.1, 0.15) is 15.9 Å². The Morgan fingerprint density at radius 2 is 1.89 bits per heavy atom. The topological polar surface area (TPSA) is 129 Å². The fraction of sp³-hybridized carbons (Fsp3) is 0.115. The summed E-state index contributed by atoms with van der Waals surface area (Å²) in [5, 5.41) is 7.19. The van der Waals surface area contributed by atoms with Crippen LogP contribution >= 0.6 is 11.6 Å². The third-order valence-electron chi connectivity index (χ3n) is 5.51. The third-order valence-corrected chi connectivity index (χ3v) is 5.82. The van der Waals surface area contributed by atoms with Crippen molar-refractivity contribution in [3.63, 3.8) is 0 Å². The van der Waals surface area contributed by atoms with E-state index in [1.165, 1.54) is 42.3 Å². The van der Waals surface area contributed by atoms with Gasteiger partial charge in [0.1, 0.15) is 17.6 Å². The molecule has 3 N–H and O–H groups in total. The van der Waals surface area contributed by atoms with Crippen molar-refractivity contribution in [2.45, 2.75) is 12.5 Å². The number of methoxy groups -OCH3 is 1. The van der Waals surface area contributed by atoms with E-state index in [1.807, 2.05) is 0 Å². The first-order valence-corrected chi connectivity index (χ1v) is 11.4. The maximum atomic E-state index is 13.4. The van der Waals surface area contributed by atoms with Crippen LogP contribution in [0.5, 0.6) is 5.75 Å². The molecule has 9 nitrogen and oxygen atoms in total. The zero-order valence-corrected chi connectivity index (χ0v) is 20.3. The van der Waals surface area contributed by atoms with Gasteiger partial charge in [-0.3, -0.25) is 14.4 Å². The van der Waals surface area contributed by atoms with Gasteiger partial charge in [-0.1, -0.05) is 23.7 Å². The van der Waals surface area contributed by atoms with Crippen molar-refractivity contribution >= 4 is 29.2 Å². The molecule has 4 aromatic rings. The summed E-state index contributed by atoms with van der Waals surface area (Å²) in [4.78, 5) is 41.7. The van der Waals surface area contributed by atoms with Crippen molar-refractivity contribution in [2.24, 2.45) is 5.73 Å². The molecule has 2 amide bonds. The monoisotopic (exact) mass is 521 g/mol. The van der Waals surface area contributed by atoms with E-state index in [9.17, 15) is 18.8 Å². The van der Waals surface area contributed by atoms with Crippen LogP contribution in [0.4, 0.5) is 4.39 Å². The molecular weight excluding hydrogens is 501 g/mol. The minimum Gasteiger partial charge on any atom is -0.497 e. The summed E-state index contributed by atoms with van der Waals surface area (Å²) in [6.45, 7) is 0. The van der Waals surface area contributed by atoms with Gasteiger partial charge in [-0.15, -0.1) is 0 Å². The summed E-state index contributed by atoms with van der Waals surface area (Å²) < 4.78 is 19.9. The molecule has 2 aromatic carbocycles. The molecule has 2 aromatic heterocycles. The highest BCUT2D eigenvalue weighted by Crippen LogP contribution is 2.27. The molecule has 2 heterocycles. The Balaban J connectivity index is 1.61. The summed E-state index contributed by atoms with van der Waals surface area (Å²) in [7, 11) is 1.52. The van der Waals surface area contributed by atoms with E-state index in [0.717, 1.165) is 0 Å². The second-order valence-electron chi connectivity index (χ2n) is 7.95. The molecule has 0 aliphatic rings. The summed E-state index contributed by atoms with van der Waals surface area (Å²) >= 11 is 6.15. The molecule has 1 unspecified atom stereocenters. The van der Waals surface area contributed by atoms with E-state index in [2.05, 4.69) is 15.4 Å². The van der Waals surface area contributed by atoms with Crippen molar-refractivity contribution in [1.82, 2.24) is 20.1 Å². The molecule has 0 saturated carbocycles. The lowest BCUT2D eigenvalue weighted by molar-refractivity contribution is -0.137. The number of nitrogens with one attached hydrogen (secondary N) is 1. The summed E-state index contributed by atoms with van der Waals surface area (Å²) in [6.07, 6.45) is 3.07. The van der Waals surface area contributed by atoms with Crippen molar-refractivity contribution < 1.29 is 23.5 Å². The fourth-order valence-corrected chi connectivity index (χ4v) is 3.92. The number of hydrogen-bond donors (Lipinski definition) is 2. The average molecular weight is 522 g/mol. The number of nitrogens with two attached hydrogens (primary N) is 1. The normalized spacial score (nSPS) is 11.5. The number of pyridine rings is 1. The quantitative estimate of drug-likeness (QED) is 0.326. The number of hydrogen-bond acceptors (Lipinski definition) is 6. The molecule has 188 valence electrons. The first-order valence-electron chi connectivity index (χ1n) is 11.0. The molecule has 37 heavy (non-hydrogen) atoms. The first kappa shape index (κ1) is 25.5. The van der Waals surface area contributed by atoms with Gasteiger partial charge in [0.2, 0.25) is 5.78 Å². The third kappa shape index (κ3) is 5.81. The van der Waals surface area contributed by atoms with Crippen molar-refractivity contribution in [1.29, 1.82) is 0 Å². The van der Waals surface area contributed by atoms with E-state index in [0.29, 0.717) is 22.6 Å². The Kier molecular flexibility index (Phi) is 7.59. The van der Waals surface area contributed by atoms with Crippen LogP contribution in [0, 0.1) is 5.82 Å². The molecule has 0 saturated heterocycles. The van der Waals surface area contributed by atoms with Crippen LogP contribution in [-0.2, 0) is 16.0 Å². The van der Waals surface area contributed by atoms with Crippen LogP contribution in [-0.4, -0.2) is 45.5 Å². The van der Waals surface area contributed by atoms with Crippen LogP contribution in [0.15, 0.2) is 73.1 Å². The van der Waals surface area contributed by atoms with Crippen LogP contribution in [0.3, 0.4) is 0 Å². The predicted molar refractivity (Wildman–Crippen MR) is 134 cm³/mol. The van der Waals surface area contributed by atoms with Gasteiger partial charge in [0.15, 0.2) is 5.82 Å². The zero-order chi connectivity index (χ0) is 26.5. The Morgan fingerprint density at radius 1 is 1.14 bits per heavy atom. The van der Waals surface area contributed by atoms with E-state index in [1.54, 1.807) is 42.6 Å². The number of amides is 2. The maximum absolute atomic E-state index is 13.4. The maximum Gasteiger partial charge on any atom is 0.287 e. The number of primary amides is 1. The predicted octanol–water partition coefficient (Wildman–Crippen LogP) is 3.13. The number of carbonyl (C=O) groups excluding carboxylic acids is 3. The molecule has 0 bridgehead atoms.